The van der Waals surface area contributed by atoms with E-state index in [2.05, 4.69) is 16.0 Å². The lowest BCUT2D eigenvalue weighted by atomic mass is 10.1. The van der Waals surface area contributed by atoms with Crippen molar-refractivity contribution < 1.29 is 9.53 Å². The van der Waals surface area contributed by atoms with Crippen LogP contribution in [0.15, 0.2) is 30.5 Å². The third kappa shape index (κ3) is 2.74. The van der Waals surface area contributed by atoms with Crippen molar-refractivity contribution in [2.24, 2.45) is 0 Å². The van der Waals surface area contributed by atoms with Gasteiger partial charge in [-0.05, 0) is 30.7 Å². The average Bonchev–Trinajstić information content (AvgIpc) is 2.46. The Balaban J connectivity index is 0.000000704. The van der Waals surface area contributed by atoms with E-state index in [0.29, 0.717) is 5.56 Å². The number of aromatic nitrogens is 1. The molecular formula is C16H20N2O2. The SMILES string of the molecule is CC.COC(=O)c1ccc2ncc(N3CCC3)cc2c1. The summed E-state index contributed by atoms with van der Waals surface area (Å²) < 4.78 is 4.73. The molecule has 0 aliphatic carbocycles. The van der Waals surface area contributed by atoms with Crippen LogP contribution in [0, 0.1) is 0 Å². The van der Waals surface area contributed by atoms with E-state index in [-0.39, 0.29) is 5.97 Å². The molecule has 0 N–H and O–H groups in total. The second-order valence-electron chi connectivity index (χ2n) is 4.43. The molecule has 1 aromatic carbocycles. The van der Waals surface area contributed by atoms with Gasteiger partial charge in [0, 0.05) is 18.5 Å². The first-order chi connectivity index (χ1) is 9.78. The fourth-order valence-electron chi connectivity index (χ4n) is 2.11. The minimum absolute atomic E-state index is 0.314. The van der Waals surface area contributed by atoms with Crippen LogP contribution in [-0.4, -0.2) is 31.2 Å². The van der Waals surface area contributed by atoms with Gasteiger partial charge in [0.1, 0.15) is 0 Å². The monoisotopic (exact) mass is 272 g/mol. The molecule has 2 heterocycles. The van der Waals surface area contributed by atoms with Crippen LogP contribution in [0.4, 0.5) is 5.69 Å². The van der Waals surface area contributed by atoms with E-state index in [1.165, 1.54) is 13.5 Å². The van der Waals surface area contributed by atoms with Gasteiger partial charge in [-0.15, -0.1) is 0 Å². The molecule has 1 aromatic heterocycles. The van der Waals surface area contributed by atoms with Crippen molar-refractivity contribution in [2.75, 3.05) is 25.1 Å². The van der Waals surface area contributed by atoms with Crippen LogP contribution in [0.2, 0.25) is 0 Å². The highest BCUT2D eigenvalue weighted by Crippen LogP contribution is 2.24. The Morgan fingerprint density at radius 2 is 2.00 bits per heavy atom. The number of methoxy groups -OCH3 is 1. The molecule has 0 atom stereocenters. The van der Waals surface area contributed by atoms with E-state index in [4.69, 9.17) is 4.74 Å². The number of benzene rings is 1. The number of rotatable bonds is 2. The molecule has 0 bridgehead atoms. The maximum atomic E-state index is 11.5. The number of carbonyl (C=O) groups excluding carboxylic acids is 1. The Morgan fingerprint density at radius 1 is 1.25 bits per heavy atom. The highest BCUT2D eigenvalue weighted by Gasteiger charge is 2.15. The van der Waals surface area contributed by atoms with Gasteiger partial charge in [0.2, 0.25) is 0 Å². The van der Waals surface area contributed by atoms with Gasteiger partial charge in [-0.1, -0.05) is 13.8 Å². The first-order valence-electron chi connectivity index (χ1n) is 7.01. The summed E-state index contributed by atoms with van der Waals surface area (Å²) in [5.74, 6) is -0.314. The summed E-state index contributed by atoms with van der Waals surface area (Å²) in [5.41, 5.74) is 2.58. The quantitative estimate of drug-likeness (QED) is 0.787. The van der Waals surface area contributed by atoms with Gasteiger partial charge >= 0.3 is 5.97 Å². The molecule has 0 spiro atoms. The maximum Gasteiger partial charge on any atom is 0.337 e. The largest absolute Gasteiger partial charge is 0.465 e. The Kier molecular flexibility index (Phi) is 4.56. The molecule has 1 saturated heterocycles. The number of esters is 1. The third-order valence-corrected chi connectivity index (χ3v) is 3.31. The van der Waals surface area contributed by atoms with Crippen molar-refractivity contribution in [3.8, 4) is 0 Å². The van der Waals surface area contributed by atoms with Gasteiger partial charge in [0.25, 0.3) is 0 Å². The highest BCUT2D eigenvalue weighted by molar-refractivity contribution is 5.95. The van der Waals surface area contributed by atoms with E-state index < -0.39 is 0 Å². The van der Waals surface area contributed by atoms with Gasteiger partial charge < -0.3 is 9.64 Å². The molecule has 0 saturated carbocycles. The van der Waals surface area contributed by atoms with Crippen LogP contribution in [0.1, 0.15) is 30.6 Å². The van der Waals surface area contributed by atoms with Gasteiger partial charge in [0.05, 0.1) is 30.1 Å². The molecule has 4 heteroatoms. The smallest absolute Gasteiger partial charge is 0.337 e. The van der Waals surface area contributed by atoms with Crippen LogP contribution < -0.4 is 4.90 Å². The number of nitrogens with zero attached hydrogens (tertiary/aromatic N) is 2. The number of anilines is 1. The molecule has 3 rings (SSSR count). The van der Waals surface area contributed by atoms with E-state index >= 15 is 0 Å². The average molecular weight is 272 g/mol. The summed E-state index contributed by atoms with van der Waals surface area (Å²) in [5, 5.41) is 0.974. The van der Waals surface area contributed by atoms with Crippen molar-refractivity contribution >= 4 is 22.6 Å². The summed E-state index contributed by atoms with van der Waals surface area (Å²) in [6.45, 7) is 6.17. The number of hydrogen-bond acceptors (Lipinski definition) is 4. The van der Waals surface area contributed by atoms with Crippen molar-refractivity contribution in [1.29, 1.82) is 0 Å². The highest BCUT2D eigenvalue weighted by atomic mass is 16.5. The van der Waals surface area contributed by atoms with Crippen LogP contribution in [0.5, 0.6) is 0 Å². The van der Waals surface area contributed by atoms with Crippen LogP contribution in [0.3, 0.4) is 0 Å². The van der Waals surface area contributed by atoms with Crippen molar-refractivity contribution in [2.45, 2.75) is 20.3 Å². The third-order valence-electron chi connectivity index (χ3n) is 3.31. The Hall–Kier alpha value is -2.10. The molecule has 1 fully saturated rings. The molecule has 106 valence electrons. The number of fused-ring (bicyclic) bond motifs is 1. The van der Waals surface area contributed by atoms with Crippen molar-refractivity contribution in [1.82, 2.24) is 4.98 Å². The lowest BCUT2D eigenvalue weighted by Gasteiger charge is -2.32. The van der Waals surface area contributed by atoms with Gasteiger partial charge in [-0.25, -0.2) is 4.79 Å². The normalized spacial score (nSPS) is 13.2. The summed E-state index contributed by atoms with van der Waals surface area (Å²) >= 11 is 0. The van der Waals surface area contributed by atoms with Gasteiger partial charge in [-0.2, -0.15) is 0 Å². The molecule has 1 aliphatic heterocycles. The molecule has 2 aromatic rings. The fourth-order valence-corrected chi connectivity index (χ4v) is 2.11. The Labute approximate surface area is 119 Å². The number of pyridine rings is 1. The zero-order valence-electron chi connectivity index (χ0n) is 12.2. The van der Waals surface area contributed by atoms with Crippen molar-refractivity contribution in [3.63, 3.8) is 0 Å². The summed E-state index contributed by atoms with van der Waals surface area (Å²) in [6.07, 6.45) is 3.12. The minimum Gasteiger partial charge on any atom is -0.465 e. The first-order valence-corrected chi connectivity index (χ1v) is 7.01. The zero-order valence-corrected chi connectivity index (χ0v) is 12.2. The zero-order chi connectivity index (χ0) is 14.5. The maximum absolute atomic E-state index is 11.5. The second kappa shape index (κ2) is 6.37. The van der Waals surface area contributed by atoms with Gasteiger partial charge in [0.15, 0.2) is 0 Å². The molecule has 0 radical (unpaired) electrons. The molecule has 0 unspecified atom stereocenters. The number of hydrogen-bond donors (Lipinski definition) is 0. The molecule has 20 heavy (non-hydrogen) atoms. The van der Waals surface area contributed by atoms with Crippen molar-refractivity contribution in [3.05, 3.63) is 36.0 Å². The lowest BCUT2D eigenvalue weighted by Crippen LogP contribution is -2.36. The number of ether oxygens (including phenoxy) is 1. The first kappa shape index (κ1) is 14.3. The Bertz CT molecular complexity index is 606. The predicted molar refractivity (Wildman–Crippen MR) is 81.3 cm³/mol. The van der Waals surface area contributed by atoms with Crippen LogP contribution >= 0.6 is 0 Å². The van der Waals surface area contributed by atoms with E-state index in [9.17, 15) is 4.79 Å². The summed E-state index contributed by atoms with van der Waals surface area (Å²) in [6, 6.07) is 7.50. The predicted octanol–water partition coefficient (Wildman–Crippen LogP) is 3.26. The summed E-state index contributed by atoms with van der Waals surface area (Å²) in [7, 11) is 1.39. The second-order valence-corrected chi connectivity index (χ2v) is 4.43. The van der Waals surface area contributed by atoms with E-state index in [1.807, 2.05) is 32.2 Å². The van der Waals surface area contributed by atoms with E-state index in [1.54, 1.807) is 6.07 Å². The minimum atomic E-state index is -0.314. The summed E-state index contributed by atoms with van der Waals surface area (Å²) in [4.78, 5) is 18.2. The van der Waals surface area contributed by atoms with Gasteiger partial charge in [-0.3, -0.25) is 4.98 Å². The molecular weight excluding hydrogens is 252 g/mol. The molecule has 4 nitrogen and oxygen atoms in total. The van der Waals surface area contributed by atoms with Crippen LogP contribution in [0.25, 0.3) is 10.9 Å². The molecule has 0 amide bonds. The Morgan fingerprint density at radius 3 is 2.60 bits per heavy atom. The standard InChI is InChI=1S/C14H14N2O2.C2H6/c1-18-14(17)10-3-4-13-11(7-10)8-12(9-15-13)16-5-2-6-16;1-2/h3-4,7-9H,2,5-6H2,1H3;1-2H3. The topological polar surface area (TPSA) is 42.4 Å². The lowest BCUT2D eigenvalue weighted by molar-refractivity contribution is 0.0601. The van der Waals surface area contributed by atoms with E-state index in [0.717, 1.165) is 29.7 Å². The van der Waals surface area contributed by atoms with Crippen LogP contribution in [-0.2, 0) is 4.74 Å². The fraction of sp³-hybridized carbons (Fsp3) is 0.375. The number of carbonyl (C=O) groups is 1. The molecule has 1 aliphatic rings.